The van der Waals surface area contributed by atoms with Crippen molar-refractivity contribution in [2.24, 2.45) is 34.5 Å². The number of fused-ring (bicyclic) bond motifs is 5. The van der Waals surface area contributed by atoms with Crippen LogP contribution in [0.4, 0.5) is 0 Å². The quantitative estimate of drug-likeness (QED) is 0.680. The molecule has 4 aliphatic rings. The molecule has 4 saturated carbocycles. The summed E-state index contributed by atoms with van der Waals surface area (Å²) in [7, 11) is 0. The lowest BCUT2D eigenvalue weighted by molar-refractivity contribution is -0.133. The Bertz CT molecular complexity index is 755. The van der Waals surface area contributed by atoms with Gasteiger partial charge in [0.25, 0.3) is 0 Å². The Balaban J connectivity index is 1.44. The second-order valence-electron chi connectivity index (χ2n) is 10.9. The van der Waals surface area contributed by atoms with Crippen LogP contribution in [0.2, 0.25) is 0 Å². The van der Waals surface area contributed by atoms with Gasteiger partial charge in [0.1, 0.15) is 0 Å². The summed E-state index contributed by atoms with van der Waals surface area (Å²) in [5.74, 6) is 2.83. The van der Waals surface area contributed by atoms with Crippen molar-refractivity contribution in [3.63, 3.8) is 0 Å². The molecule has 4 aliphatic carbocycles. The minimum atomic E-state index is -0.294. The summed E-state index contributed by atoms with van der Waals surface area (Å²) in [6, 6.07) is 10.5. The molecule has 2 heteroatoms. The maximum Gasteiger partial charge on any atom is 0.0809 e. The molecule has 5 rings (SSSR count). The van der Waals surface area contributed by atoms with E-state index in [0.29, 0.717) is 17.3 Å². The Kier molecular flexibility index (Phi) is 4.52. The third kappa shape index (κ3) is 2.75. The van der Waals surface area contributed by atoms with Crippen molar-refractivity contribution in [1.82, 2.24) is 0 Å². The molecule has 0 radical (unpaired) electrons. The molecular formula is C26H36O2. The molecule has 0 amide bonds. The highest BCUT2D eigenvalue weighted by Crippen LogP contribution is 2.67. The number of aliphatic hydroxyl groups is 2. The minimum Gasteiger partial charge on any atom is -0.393 e. The van der Waals surface area contributed by atoms with E-state index in [9.17, 15) is 10.2 Å². The van der Waals surface area contributed by atoms with Gasteiger partial charge in [-0.1, -0.05) is 50.3 Å². The summed E-state index contributed by atoms with van der Waals surface area (Å²) >= 11 is 0. The Morgan fingerprint density at radius 2 is 1.64 bits per heavy atom. The molecule has 0 saturated heterocycles. The van der Waals surface area contributed by atoms with Gasteiger partial charge in [0.15, 0.2) is 0 Å². The Labute approximate surface area is 170 Å². The molecule has 152 valence electrons. The van der Waals surface area contributed by atoms with Crippen molar-refractivity contribution < 1.29 is 10.2 Å². The van der Waals surface area contributed by atoms with Crippen LogP contribution in [-0.2, 0) is 0 Å². The van der Waals surface area contributed by atoms with Crippen molar-refractivity contribution in [2.45, 2.75) is 77.4 Å². The summed E-state index contributed by atoms with van der Waals surface area (Å²) < 4.78 is 0. The van der Waals surface area contributed by atoms with E-state index in [0.717, 1.165) is 37.5 Å². The molecule has 0 bridgehead atoms. The van der Waals surface area contributed by atoms with Gasteiger partial charge >= 0.3 is 0 Å². The second-order valence-corrected chi connectivity index (χ2v) is 10.9. The number of hydrogen-bond acceptors (Lipinski definition) is 2. The smallest absolute Gasteiger partial charge is 0.0809 e. The Hall–Kier alpha value is -1.12. The van der Waals surface area contributed by atoms with Crippen LogP contribution in [0.5, 0.6) is 0 Å². The van der Waals surface area contributed by atoms with Gasteiger partial charge < -0.3 is 10.2 Å². The lowest BCUT2D eigenvalue weighted by Gasteiger charge is -2.60. The number of aliphatic hydroxyl groups excluding tert-OH is 2. The summed E-state index contributed by atoms with van der Waals surface area (Å²) in [5.41, 5.74) is 2.91. The largest absolute Gasteiger partial charge is 0.393 e. The van der Waals surface area contributed by atoms with E-state index in [1.165, 1.54) is 36.8 Å². The highest BCUT2D eigenvalue weighted by molar-refractivity contribution is 5.55. The highest BCUT2D eigenvalue weighted by atomic mass is 16.3. The molecule has 0 unspecified atom stereocenters. The van der Waals surface area contributed by atoms with Crippen molar-refractivity contribution in [3.05, 3.63) is 41.5 Å². The van der Waals surface area contributed by atoms with Crippen LogP contribution in [-0.4, -0.2) is 22.4 Å². The normalized spacial score (nSPS) is 49.4. The summed E-state index contributed by atoms with van der Waals surface area (Å²) in [4.78, 5) is 0. The summed E-state index contributed by atoms with van der Waals surface area (Å²) in [5, 5.41) is 21.5. The van der Waals surface area contributed by atoms with Crippen LogP contribution in [0.25, 0.3) is 6.08 Å². The van der Waals surface area contributed by atoms with Crippen LogP contribution < -0.4 is 0 Å². The summed E-state index contributed by atoms with van der Waals surface area (Å²) in [6.07, 6.45) is 11.1. The Morgan fingerprint density at radius 1 is 0.893 bits per heavy atom. The van der Waals surface area contributed by atoms with Gasteiger partial charge in [-0.25, -0.2) is 0 Å². The van der Waals surface area contributed by atoms with E-state index in [-0.39, 0.29) is 17.6 Å². The molecular weight excluding hydrogens is 344 g/mol. The zero-order chi connectivity index (χ0) is 19.5. The first-order valence-corrected chi connectivity index (χ1v) is 11.5. The predicted octanol–water partition coefficient (Wildman–Crippen LogP) is 5.44. The lowest BCUT2D eigenvalue weighted by atomic mass is 9.45. The topological polar surface area (TPSA) is 40.5 Å². The number of benzene rings is 1. The average Bonchev–Trinajstić information content (AvgIpc) is 2.94. The number of rotatable bonds is 1. The number of hydrogen-bond donors (Lipinski definition) is 2. The summed E-state index contributed by atoms with van der Waals surface area (Å²) in [6.45, 7) is 4.90. The van der Waals surface area contributed by atoms with E-state index in [1.807, 2.05) is 0 Å². The molecule has 0 spiro atoms. The van der Waals surface area contributed by atoms with Crippen molar-refractivity contribution in [2.75, 3.05) is 0 Å². The molecule has 28 heavy (non-hydrogen) atoms. The van der Waals surface area contributed by atoms with Crippen molar-refractivity contribution in [1.29, 1.82) is 0 Å². The maximum atomic E-state index is 11.3. The monoisotopic (exact) mass is 380 g/mol. The van der Waals surface area contributed by atoms with Crippen LogP contribution >= 0.6 is 0 Å². The van der Waals surface area contributed by atoms with Crippen LogP contribution in [0.15, 0.2) is 35.9 Å². The zero-order valence-corrected chi connectivity index (χ0v) is 17.5. The van der Waals surface area contributed by atoms with E-state index >= 15 is 0 Å². The molecule has 0 heterocycles. The molecule has 2 N–H and O–H groups in total. The Morgan fingerprint density at radius 3 is 2.43 bits per heavy atom. The molecule has 4 fully saturated rings. The molecule has 2 nitrogen and oxygen atoms in total. The molecule has 1 aromatic carbocycles. The fourth-order valence-electron chi connectivity index (χ4n) is 8.00. The van der Waals surface area contributed by atoms with E-state index < -0.39 is 0 Å². The molecule has 1 aromatic rings. The van der Waals surface area contributed by atoms with Crippen molar-refractivity contribution >= 4 is 6.08 Å². The first-order valence-electron chi connectivity index (χ1n) is 11.5. The van der Waals surface area contributed by atoms with Crippen LogP contribution in [0.3, 0.4) is 0 Å². The van der Waals surface area contributed by atoms with Crippen molar-refractivity contribution in [3.8, 4) is 0 Å². The fraction of sp³-hybridized carbons (Fsp3) is 0.692. The van der Waals surface area contributed by atoms with Gasteiger partial charge in [-0.3, -0.25) is 0 Å². The maximum absolute atomic E-state index is 11.3. The minimum absolute atomic E-state index is 0.0408. The first-order chi connectivity index (χ1) is 13.4. The second kappa shape index (κ2) is 6.71. The lowest BCUT2D eigenvalue weighted by Crippen LogP contribution is -2.54. The van der Waals surface area contributed by atoms with Gasteiger partial charge in [0, 0.05) is 5.41 Å². The average molecular weight is 381 g/mol. The van der Waals surface area contributed by atoms with E-state index in [2.05, 4.69) is 50.3 Å². The fourth-order valence-corrected chi connectivity index (χ4v) is 8.00. The van der Waals surface area contributed by atoms with Gasteiger partial charge in [-0.15, -0.1) is 0 Å². The molecule has 0 aliphatic heterocycles. The van der Waals surface area contributed by atoms with Gasteiger partial charge in [0.05, 0.1) is 12.2 Å². The molecule has 0 aromatic heterocycles. The predicted molar refractivity (Wildman–Crippen MR) is 114 cm³/mol. The van der Waals surface area contributed by atoms with E-state index in [4.69, 9.17) is 0 Å². The van der Waals surface area contributed by atoms with Gasteiger partial charge in [0.2, 0.25) is 0 Å². The SMILES string of the molecule is C[C@@]12CC[C@@H]3[C@H](CC[C@@H]4C[C@@H](O)CC[C@]43C)[C@@H]1CC(=Cc1ccccc1)[C@H]2O. The highest BCUT2D eigenvalue weighted by Gasteiger charge is 2.61. The third-order valence-corrected chi connectivity index (χ3v) is 9.66. The standard InChI is InChI=1S/C26H36O2/c1-25-12-10-20(27)16-19(25)8-9-21-22(25)11-13-26(2)23(21)15-18(24(26)28)14-17-6-4-3-5-7-17/h3-7,14,19-24,27-28H,8-13,15-16H2,1-2H3/t19-,20+,21+,22-,23+,24-,25-,26-/m1/s1. The van der Waals surface area contributed by atoms with Gasteiger partial charge in [-0.05, 0) is 91.6 Å². The van der Waals surface area contributed by atoms with Crippen LogP contribution in [0.1, 0.15) is 70.8 Å². The van der Waals surface area contributed by atoms with E-state index in [1.54, 1.807) is 0 Å². The molecule has 8 atom stereocenters. The van der Waals surface area contributed by atoms with Crippen LogP contribution in [0, 0.1) is 34.5 Å². The van der Waals surface area contributed by atoms with Gasteiger partial charge in [-0.2, -0.15) is 0 Å². The third-order valence-electron chi connectivity index (χ3n) is 9.66. The zero-order valence-electron chi connectivity index (χ0n) is 17.5. The first kappa shape index (κ1) is 18.9.